The number of imide groups is 1. The Balaban J connectivity index is 2.54. The van der Waals surface area contributed by atoms with E-state index < -0.39 is 60.0 Å². The molecule has 5 amide bonds. The van der Waals surface area contributed by atoms with Crippen LogP contribution in [0.1, 0.15) is 44.9 Å². The summed E-state index contributed by atoms with van der Waals surface area (Å²) in [4.78, 5) is 82.4. The third-order valence-corrected chi connectivity index (χ3v) is 6.38. The van der Waals surface area contributed by atoms with Crippen LogP contribution >= 0.6 is 11.8 Å². The zero-order valence-electron chi connectivity index (χ0n) is 19.2. The van der Waals surface area contributed by atoms with Gasteiger partial charge in [0.2, 0.25) is 17.7 Å². The molecule has 1 aliphatic heterocycles. The second-order valence-corrected chi connectivity index (χ2v) is 8.96. The lowest BCUT2D eigenvalue weighted by Gasteiger charge is -2.19. The van der Waals surface area contributed by atoms with Crippen LogP contribution in [0.3, 0.4) is 0 Å². The highest BCUT2D eigenvalue weighted by Gasteiger charge is 2.39. The number of urea groups is 1. The van der Waals surface area contributed by atoms with Gasteiger partial charge < -0.3 is 31.3 Å². The van der Waals surface area contributed by atoms with Crippen LogP contribution in [0.5, 0.6) is 0 Å². The van der Waals surface area contributed by atoms with Crippen molar-refractivity contribution in [2.75, 3.05) is 19.3 Å². The van der Waals surface area contributed by atoms with Crippen LogP contribution < -0.4 is 16.0 Å². The number of carboxylic acid groups (broad SMARTS) is 3. The molecule has 35 heavy (non-hydrogen) atoms. The molecule has 1 fully saturated rings. The van der Waals surface area contributed by atoms with E-state index in [1.807, 2.05) is 5.32 Å². The van der Waals surface area contributed by atoms with Crippen molar-refractivity contribution in [1.29, 1.82) is 0 Å². The molecule has 0 saturated carbocycles. The molecule has 0 bridgehead atoms. The highest BCUT2D eigenvalue weighted by molar-refractivity contribution is 8.00. The minimum atomic E-state index is -1.54. The molecule has 1 rings (SSSR count). The highest BCUT2D eigenvalue weighted by Crippen LogP contribution is 2.26. The molecule has 1 heterocycles. The number of likely N-dealkylation sites (tertiary alicyclic amines) is 1. The van der Waals surface area contributed by atoms with Gasteiger partial charge in [0.1, 0.15) is 12.1 Å². The molecule has 15 heteroatoms. The van der Waals surface area contributed by atoms with E-state index >= 15 is 0 Å². The molecule has 0 aromatic heterocycles. The van der Waals surface area contributed by atoms with Gasteiger partial charge in [0.25, 0.3) is 0 Å². The van der Waals surface area contributed by atoms with E-state index in [1.54, 1.807) is 0 Å². The van der Waals surface area contributed by atoms with Crippen molar-refractivity contribution in [3.05, 3.63) is 0 Å². The molecule has 14 nitrogen and oxygen atoms in total. The molecule has 3 atom stereocenters. The molecule has 0 aromatic carbocycles. The maximum absolute atomic E-state index is 12.5. The molecule has 196 valence electrons. The Bertz CT molecular complexity index is 837. The van der Waals surface area contributed by atoms with Gasteiger partial charge in [-0.3, -0.25) is 24.1 Å². The molecule has 0 aromatic rings. The normalized spacial score (nSPS) is 16.9. The van der Waals surface area contributed by atoms with E-state index in [4.69, 9.17) is 10.2 Å². The first-order chi connectivity index (χ1) is 16.5. The van der Waals surface area contributed by atoms with Crippen LogP contribution in [-0.2, 0) is 28.8 Å². The fraction of sp³-hybridized carbons (Fsp3) is 0.650. The van der Waals surface area contributed by atoms with E-state index in [-0.39, 0.29) is 30.5 Å². The third-order valence-electron chi connectivity index (χ3n) is 5.08. The third kappa shape index (κ3) is 10.6. The van der Waals surface area contributed by atoms with Gasteiger partial charge in [-0.2, -0.15) is 0 Å². The van der Waals surface area contributed by atoms with Crippen molar-refractivity contribution in [3.8, 4) is 0 Å². The summed E-state index contributed by atoms with van der Waals surface area (Å²) in [5.41, 5.74) is 0. The van der Waals surface area contributed by atoms with Gasteiger partial charge in [-0.1, -0.05) is 6.42 Å². The summed E-state index contributed by atoms with van der Waals surface area (Å²) < 4.78 is 0. The first-order valence-electron chi connectivity index (χ1n) is 10.9. The van der Waals surface area contributed by atoms with Crippen LogP contribution in [-0.4, -0.2) is 98.6 Å². The van der Waals surface area contributed by atoms with Gasteiger partial charge in [-0.05, 0) is 19.3 Å². The monoisotopic (exact) mass is 518 g/mol. The topological polar surface area (TPSA) is 220 Å². The quantitative estimate of drug-likeness (QED) is 0.110. The Morgan fingerprint density at radius 3 is 2.17 bits per heavy atom. The Labute approximate surface area is 205 Å². The number of amides is 5. The Hall–Kier alpha value is -3.36. The number of carboxylic acids is 3. The average Bonchev–Trinajstić information content (AvgIpc) is 3.05. The fourth-order valence-electron chi connectivity index (χ4n) is 3.15. The molecule has 1 aliphatic rings. The summed E-state index contributed by atoms with van der Waals surface area (Å²) in [6, 6.07) is -4.15. The maximum Gasteiger partial charge on any atom is 0.327 e. The van der Waals surface area contributed by atoms with Gasteiger partial charge >= 0.3 is 23.9 Å². The molecular formula is C20H30N4O10S. The Morgan fingerprint density at radius 2 is 1.60 bits per heavy atom. The van der Waals surface area contributed by atoms with Gasteiger partial charge in [0, 0.05) is 38.6 Å². The summed E-state index contributed by atoms with van der Waals surface area (Å²) >= 11 is 0.886. The number of carbonyl (C=O) groups excluding carboxylic acids is 4. The number of rotatable bonds is 16. The summed E-state index contributed by atoms with van der Waals surface area (Å²) in [6.45, 7) is 0.193. The number of thioether (sulfide) groups is 1. The SMILES string of the molecule is CNC(=O)CCCCCN1C(=O)CC(SC[C@H](NC(=O)NC(CCC(=O)O)C(=O)O)C(=O)O)C1=O. The van der Waals surface area contributed by atoms with Gasteiger partial charge in [0.15, 0.2) is 0 Å². The second-order valence-electron chi connectivity index (χ2n) is 7.73. The minimum Gasteiger partial charge on any atom is -0.481 e. The van der Waals surface area contributed by atoms with E-state index in [9.17, 15) is 38.7 Å². The van der Waals surface area contributed by atoms with Crippen molar-refractivity contribution in [2.45, 2.75) is 62.3 Å². The number of nitrogens with zero attached hydrogens (tertiary/aromatic N) is 1. The van der Waals surface area contributed by atoms with Crippen LogP contribution in [0.4, 0.5) is 4.79 Å². The molecular weight excluding hydrogens is 488 g/mol. The van der Waals surface area contributed by atoms with E-state index in [0.29, 0.717) is 25.7 Å². The van der Waals surface area contributed by atoms with Crippen molar-refractivity contribution >= 4 is 53.4 Å². The smallest absolute Gasteiger partial charge is 0.327 e. The second kappa shape index (κ2) is 14.8. The summed E-state index contributed by atoms with van der Waals surface area (Å²) in [7, 11) is 1.54. The lowest BCUT2D eigenvalue weighted by Crippen LogP contribution is -2.52. The van der Waals surface area contributed by atoms with Gasteiger partial charge in [-0.15, -0.1) is 11.8 Å². The fourth-order valence-corrected chi connectivity index (χ4v) is 4.33. The zero-order chi connectivity index (χ0) is 26.5. The average molecular weight is 519 g/mol. The zero-order valence-corrected chi connectivity index (χ0v) is 20.0. The van der Waals surface area contributed by atoms with Crippen molar-refractivity contribution in [2.24, 2.45) is 0 Å². The van der Waals surface area contributed by atoms with Crippen molar-refractivity contribution in [3.63, 3.8) is 0 Å². The largest absolute Gasteiger partial charge is 0.481 e. The molecule has 1 saturated heterocycles. The van der Waals surface area contributed by atoms with Crippen LogP contribution in [0.15, 0.2) is 0 Å². The number of nitrogens with one attached hydrogen (secondary N) is 3. The van der Waals surface area contributed by atoms with Crippen LogP contribution in [0.2, 0.25) is 0 Å². The number of carbonyl (C=O) groups is 7. The lowest BCUT2D eigenvalue weighted by atomic mass is 10.1. The number of aliphatic carboxylic acids is 3. The lowest BCUT2D eigenvalue weighted by molar-refractivity contribution is -0.141. The van der Waals surface area contributed by atoms with E-state index in [1.165, 1.54) is 7.05 Å². The maximum atomic E-state index is 12.5. The standard InChI is InChI=1S/C20H30N4O10S/c1-21-14(25)5-3-2-4-8-24-15(26)9-13(17(24)29)35-10-12(19(32)33)23-20(34)22-11(18(30)31)6-7-16(27)28/h11-13H,2-10H2,1H3,(H,21,25)(H,27,28)(H,30,31)(H,32,33)(H2,22,23,34)/t11?,12-,13?/m0/s1. The van der Waals surface area contributed by atoms with Crippen LogP contribution in [0, 0.1) is 0 Å². The first kappa shape index (κ1) is 29.7. The predicted octanol–water partition coefficient (Wildman–Crippen LogP) is -0.776. The van der Waals surface area contributed by atoms with Crippen molar-refractivity contribution in [1.82, 2.24) is 20.9 Å². The summed E-state index contributed by atoms with van der Waals surface area (Å²) in [6.07, 6.45) is 1.10. The number of hydrogen-bond donors (Lipinski definition) is 6. The van der Waals surface area contributed by atoms with Gasteiger partial charge in [-0.25, -0.2) is 14.4 Å². The molecule has 0 aliphatic carbocycles. The number of hydrogen-bond acceptors (Lipinski definition) is 8. The predicted molar refractivity (Wildman–Crippen MR) is 122 cm³/mol. The molecule has 2 unspecified atom stereocenters. The van der Waals surface area contributed by atoms with Gasteiger partial charge in [0.05, 0.1) is 5.25 Å². The Kier molecular flexibility index (Phi) is 12.6. The highest BCUT2D eigenvalue weighted by atomic mass is 32.2. The molecule has 6 N–H and O–H groups in total. The Morgan fingerprint density at radius 1 is 0.971 bits per heavy atom. The summed E-state index contributed by atoms with van der Waals surface area (Å²) in [5, 5.41) is 32.9. The summed E-state index contributed by atoms with van der Waals surface area (Å²) in [5.74, 6) is -5.38. The number of unbranched alkanes of at least 4 members (excludes halogenated alkanes) is 2. The molecule has 0 radical (unpaired) electrons. The first-order valence-corrected chi connectivity index (χ1v) is 11.9. The van der Waals surface area contributed by atoms with Crippen molar-refractivity contribution < 1.29 is 48.9 Å². The minimum absolute atomic E-state index is 0.0937. The van der Waals surface area contributed by atoms with E-state index in [2.05, 4.69) is 10.6 Å². The van der Waals surface area contributed by atoms with E-state index in [0.717, 1.165) is 16.7 Å². The van der Waals surface area contributed by atoms with Crippen LogP contribution in [0.25, 0.3) is 0 Å². The molecule has 0 spiro atoms.